The molecule has 0 spiro atoms. The number of hydrogen-bond acceptors (Lipinski definition) is 5. The molecule has 0 atom stereocenters. The Morgan fingerprint density at radius 3 is 2.67 bits per heavy atom. The number of thiazole rings is 1. The van der Waals surface area contributed by atoms with Crippen molar-refractivity contribution in [3.05, 3.63) is 40.3 Å². The number of ether oxygens (including phenoxy) is 2. The van der Waals surface area contributed by atoms with Crippen LogP contribution in [0, 0.1) is 0 Å². The van der Waals surface area contributed by atoms with Gasteiger partial charge in [-0.25, -0.2) is 4.98 Å². The molecule has 0 aliphatic carbocycles. The third kappa shape index (κ3) is 5.02. The van der Waals surface area contributed by atoms with E-state index in [1.807, 2.05) is 23.6 Å². The van der Waals surface area contributed by atoms with E-state index in [1.54, 1.807) is 24.0 Å². The Hall–Kier alpha value is -1.59. The molecular weight excluding hydrogens is 284 g/mol. The number of rotatable bonds is 6. The second kappa shape index (κ2) is 6.91. The van der Waals surface area contributed by atoms with Crippen molar-refractivity contribution in [3.63, 3.8) is 0 Å². The Bertz CT molecular complexity index is 562. The van der Waals surface area contributed by atoms with Crippen LogP contribution in [0.3, 0.4) is 0 Å². The van der Waals surface area contributed by atoms with E-state index in [9.17, 15) is 0 Å². The number of hydrogen-bond donors (Lipinski definition) is 1. The summed E-state index contributed by atoms with van der Waals surface area (Å²) in [6.45, 7) is 7.69. The number of nitrogens with zero attached hydrogens (tertiary/aromatic N) is 1. The van der Waals surface area contributed by atoms with Gasteiger partial charge in [0, 0.05) is 17.5 Å². The summed E-state index contributed by atoms with van der Waals surface area (Å²) < 4.78 is 11.2. The summed E-state index contributed by atoms with van der Waals surface area (Å²) in [6.07, 6.45) is 0. The highest BCUT2D eigenvalue weighted by atomic mass is 32.1. The van der Waals surface area contributed by atoms with Crippen LogP contribution in [0.1, 0.15) is 32.0 Å². The molecule has 0 radical (unpaired) electrons. The van der Waals surface area contributed by atoms with Crippen LogP contribution in [0.4, 0.5) is 0 Å². The zero-order valence-corrected chi connectivity index (χ0v) is 13.8. The Kier molecular flexibility index (Phi) is 5.20. The van der Waals surface area contributed by atoms with Crippen molar-refractivity contribution >= 4 is 11.3 Å². The van der Waals surface area contributed by atoms with Crippen molar-refractivity contribution in [2.45, 2.75) is 39.5 Å². The predicted molar refractivity (Wildman–Crippen MR) is 86.0 cm³/mol. The van der Waals surface area contributed by atoms with Crippen LogP contribution in [-0.2, 0) is 13.2 Å². The third-order valence-corrected chi connectivity index (χ3v) is 3.55. The van der Waals surface area contributed by atoms with E-state index in [0.29, 0.717) is 6.61 Å². The van der Waals surface area contributed by atoms with E-state index in [-0.39, 0.29) is 5.54 Å². The molecule has 0 aliphatic heterocycles. The van der Waals surface area contributed by atoms with Crippen molar-refractivity contribution in [1.82, 2.24) is 10.3 Å². The lowest BCUT2D eigenvalue weighted by atomic mass is 10.1. The summed E-state index contributed by atoms with van der Waals surface area (Å²) in [5.74, 6) is 1.49. The molecule has 2 aromatic rings. The molecule has 21 heavy (non-hydrogen) atoms. The summed E-state index contributed by atoms with van der Waals surface area (Å²) in [5, 5.41) is 5.45. The third-order valence-electron chi connectivity index (χ3n) is 2.91. The number of nitrogens with one attached hydrogen (secondary N) is 1. The van der Waals surface area contributed by atoms with Gasteiger partial charge in [-0.05, 0) is 38.5 Å². The van der Waals surface area contributed by atoms with Crippen molar-refractivity contribution < 1.29 is 9.47 Å². The lowest BCUT2D eigenvalue weighted by molar-refractivity contribution is 0.280. The molecular formula is C16H22N2O2S. The van der Waals surface area contributed by atoms with Gasteiger partial charge in [-0.3, -0.25) is 0 Å². The van der Waals surface area contributed by atoms with E-state index in [2.05, 4.69) is 31.1 Å². The summed E-state index contributed by atoms with van der Waals surface area (Å²) in [4.78, 5) is 4.22. The van der Waals surface area contributed by atoms with Crippen molar-refractivity contribution in [2.24, 2.45) is 0 Å². The number of aromatic nitrogens is 1. The van der Waals surface area contributed by atoms with Crippen LogP contribution in [0.15, 0.2) is 29.1 Å². The molecule has 5 heteroatoms. The first-order valence-corrected chi connectivity index (χ1v) is 7.84. The number of benzene rings is 1. The van der Waals surface area contributed by atoms with Gasteiger partial charge in [-0.2, -0.15) is 0 Å². The first-order chi connectivity index (χ1) is 9.98. The Balaban J connectivity index is 2.06. The molecule has 0 amide bonds. The lowest BCUT2D eigenvalue weighted by Gasteiger charge is -2.21. The topological polar surface area (TPSA) is 43.4 Å². The van der Waals surface area contributed by atoms with E-state index in [0.717, 1.165) is 23.7 Å². The van der Waals surface area contributed by atoms with E-state index in [4.69, 9.17) is 9.47 Å². The maximum absolute atomic E-state index is 5.84. The van der Waals surface area contributed by atoms with Crippen LogP contribution in [-0.4, -0.2) is 17.6 Å². The number of methoxy groups -OCH3 is 1. The average Bonchev–Trinajstić information content (AvgIpc) is 2.95. The van der Waals surface area contributed by atoms with Gasteiger partial charge in [0.15, 0.2) is 11.5 Å². The minimum Gasteiger partial charge on any atom is -0.493 e. The quantitative estimate of drug-likeness (QED) is 0.885. The highest BCUT2D eigenvalue weighted by molar-refractivity contribution is 7.07. The molecule has 1 heterocycles. The van der Waals surface area contributed by atoms with E-state index >= 15 is 0 Å². The highest BCUT2D eigenvalue weighted by Crippen LogP contribution is 2.29. The highest BCUT2D eigenvalue weighted by Gasteiger charge is 2.11. The molecule has 1 aromatic heterocycles. The summed E-state index contributed by atoms with van der Waals surface area (Å²) >= 11 is 1.57. The summed E-state index contributed by atoms with van der Waals surface area (Å²) in [6, 6.07) is 6.01. The van der Waals surface area contributed by atoms with Gasteiger partial charge in [0.25, 0.3) is 0 Å². The van der Waals surface area contributed by atoms with Crippen molar-refractivity contribution in [3.8, 4) is 11.5 Å². The van der Waals surface area contributed by atoms with Gasteiger partial charge >= 0.3 is 0 Å². The monoisotopic (exact) mass is 306 g/mol. The van der Waals surface area contributed by atoms with E-state index in [1.165, 1.54) is 5.56 Å². The van der Waals surface area contributed by atoms with Crippen LogP contribution in [0.25, 0.3) is 0 Å². The maximum atomic E-state index is 5.84. The van der Waals surface area contributed by atoms with Crippen LogP contribution >= 0.6 is 11.3 Å². The average molecular weight is 306 g/mol. The van der Waals surface area contributed by atoms with Crippen LogP contribution in [0.2, 0.25) is 0 Å². The largest absolute Gasteiger partial charge is 0.493 e. The first kappa shape index (κ1) is 15.8. The standard InChI is InChI=1S/C16H22N2O2S/c1-16(2,3)18-8-12-5-6-14(19-4)15(7-12)20-9-13-10-21-11-17-13/h5-7,10-11,18H,8-9H2,1-4H3. The second-order valence-electron chi connectivity index (χ2n) is 5.86. The van der Waals surface area contributed by atoms with Crippen LogP contribution in [0.5, 0.6) is 11.5 Å². The van der Waals surface area contributed by atoms with Crippen molar-refractivity contribution in [1.29, 1.82) is 0 Å². The molecule has 0 aliphatic rings. The predicted octanol–water partition coefficient (Wildman–Crippen LogP) is 3.62. The molecule has 0 bridgehead atoms. The zero-order chi connectivity index (χ0) is 15.3. The molecule has 0 unspecified atom stereocenters. The smallest absolute Gasteiger partial charge is 0.162 e. The fourth-order valence-corrected chi connectivity index (χ4v) is 2.31. The van der Waals surface area contributed by atoms with Gasteiger partial charge < -0.3 is 14.8 Å². The normalized spacial score (nSPS) is 11.4. The summed E-state index contributed by atoms with van der Waals surface area (Å²) in [5.41, 5.74) is 3.99. The van der Waals surface area contributed by atoms with E-state index < -0.39 is 0 Å². The molecule has 4 nitrogen and oxygen atoms in total. The molecule has 2 rings (SSSR count). The molecule has 0 saturated heterocycles. The van der Waals surface area contributed by atoms with Crippen molar-refractivity contribution in [2.75, 3.05) is 7.11 Å². The minimum atomic E-state index is 0.0849. The maximum Gasteiger partial charge on any atom is 0.162 e. The molecule has 0 saturated carbocycles. The van der Waals surface area contributed by atoms with Gasteiger partial charge in [-0.1, -0.05) is 6.07 Å². The minimum absolute atomic E-state index is 0.0849. The lowest BCUT2D eigenvalue weighted by Crippen LogP contribution is -2.35. The Labute approximate surface area is 130 Å². The van der Waals surface area contributed by atoms with Gasteiger partial charge in [-0.15, -0.1) is 11.3 Å². The second-order valence-corrected chi connectivity index (χ2v) is 6.58. The molecule has 0 fully saturated rings. The molecule has 1 aromatic carbocycles. The Morgan fingerprint density at radius 1 is 1.24 bits per heavy atom. The zero-order valence-electron chi connectivity index (χ0n) is 13.0. The molecule has 1 N–H and O–H groups in total. The van der Waals surface area contributed by atoms with Gasteiger partial charge in [0.05, 0.1) is 18.3 Å². The van der Waals surface area contributed by atoms with Gasteiger partial charge in [0.2, 0.25) is 0 Å². The first-order valence-electron chi connectivity index (χ1n) is 6.90. The van der Waals surface area contributed by atoms with Crippen LogP contribution < -0.4 is 14.8 Å². The molecule has 114 valence electrons. The summed E-state index contributed by atoms with van der Waals surface area (Å²) in [7, 11) is 1.65. The fourth-order valence-electron chi connectivity index (χ4n) is 1.77. The SMILES string of the molecule is COc1ccc(CNC(C)(C)C)cc1OCc1cscn1. The fraction of sp³-hybridized carbons (Fsp3) is 0.438. The van der Waals surface area contributed by atoms with Gasteiger partial charge in [0.1, 0.15) is 6.61 Å². The Morgan fingerprint density at radius 2 is 2.05 bits per heavy atom.